The Morgan fingerprint density at radius 1 is 1.13 bits per heavy atom. The van der Waals surface area contributed by atoms with E-state index in [0.717, 1.165) is 12.1 Å². The number of nitrogens with zero attached hydrogens (tertiary/aromatic N) is 2. The molecule has 0 bridgehead atoms. The number of aromatic amines is 1. The molecule has 0 aliphatic rings. The number of fused-ring (bicyclic) bond motifs is 3. The number of benzene rings is 1. The molecule has 0 aliphatic heterocycles. The van der Waals surface area contributed by atoms with Crippen LogP contribution in [-0.2, 0) is 5.79 Å². The molecule has 3 aromatic heterocycles. The summed E-state index contributed by atoms with van der Waals surface area (Å²) in [5.74, 6) is -3.18. The van der Waals surface area contributed by atoms with E-state index < -0.39 is 17.8 Å². The minimum Gasteiger partial charge on any atom is -0.358 e. The molecule has 0 fully saturated rings. The van der Waals surface area contributed by atoms with Crippen molar-refractivity contribution in [1.29, 1.82) is 0 Å². The molecule has 0 spiro atoms. The molecule has 7 nitrogen and oxygen atoms in total. The molecule has 0 unspecified atom stereocenters. The SMILES string of the molecule is O=c1[nH]ccc2c(Nc3c(Cl)cc(C(O)(O)C(F)F)cc3Cl)nc3ccncc3c12. The highest BCUT2D eigenvalue weighted by Gasteiger charge is 2.38. The number of halogens is 4. The van der Waals surface area contributed by atoms with Gasteiger partial charge in [0.15, 0.2) is 0 Å². The molecular weight excluding hydrogens is 441 g/mol. The van der Waals surface area contributed by atoms with Gasteiger partial charge in [-0.1, -0.05) is 23.2 Å². The van der Waals surface area contributed by atoms with Gasteiger partial charge in [0, 0.05) is 34.9 Å². The van der Waals surface area contributed by atoms with Crippen LogP contribution in [0.25, 0.3) is 21.7 Å². The normalized spacial score (nSPS) is 12.1. The monoisotopic (exact) mass is 452 g/mol. The second-order valence-corrected chi connectivity index (χ2v) is 7.23. The van der Waals surface area contributed by atoms with Crippen LogP contribution in [0.4, 0.5) is 20.3 Å². The highest BCUT2D eigenvalue weighted by Crippen LogP contribution is 2.39. The molecule has 4 N–H and O–H groups in total. The van der Waals surface area contributed by atoms with E-state index in [1.165, 1.54) is 18.6 Å². The highest BCUT2D eigenvalue weighted by molar-refractivity contribution is 6.39. The van der Waals surface area contributed by atoms with E-state index >= 15 is 0 Å². The first-order valence-corrected chi connectivity index (χ1v) is 9.20. The Balaban J connectivity index is 1.89. The molecular formula is C19H12Cl2F2N4O3. The molecule has 4 rings (SSSR count). The highest BCUT2D eigenvalue weighted by atomic mass is 35.5. The first kappa shape index (κ1) is 20.4. The van der Waals surface area contributed by atoms with Gasteiger partial charge in [-0.15, -0.1) is 0 Å². The van der Waals surface area contributed by atoms with E-state index in [-0.39, 0.29) is 27.1 Å². The summed E-state index contributed by atoms with van der Waals surface area (Å²) in [5.41, 5.74) is -0.361. The first-order chi connectivity index (χ1) is 14.2. The van der Waals surface area contributed by atoms with Crippen LogP contribution in [0.2, 0.25) is 10.0 Å². The molecule has 0 atom stereocenters. The predicted octanol–water partition coefficient (Wildman–Crippen LogP) is 3.92. The van der Waals surface area contributed by atoms with Crippen molar-refractivity contribution in [2.75, 3.05) is 5.32 Å². The lowest BCUT2D eigenvalue weighted by Gasteiger charge is -2.22. The Labute approximate surface area is 176 Å². The maximum Gasteiger partial charge on any atom is 0.295 e. The van der Waals surface area contributed by atoms with Crippen molar-refractivity contribution in [3.05, 3.63) is 68.8 Å². The Morgan fingerprint density at radius 3 is 2.50 bits per heavy atom. The number of nitrogens with one attached hydrogen (secondary N) is 2. The van der Waals surface area contributed by atoms with Crippen LogP contribution in [0.1, 0.15) is 5.56 Å². The quantitative estimate of drug-likeness (QED) is 0.275. The van der Waals surface area contributed by atoms with Gasteiger partial charge in [0.05, 0.1) is 26.6 Å². The van der Waals surface area contributed by atoms with Crippen molar-refractivity contribution >= 4 is 56.4 Å². The van der Waals surface area contributed by atoms with E-state index in [9.17, 15) is 23.8 Å². The number of H-pyrrole nitrogens is 1. The topological polar surface area (TPSA) is 111 Å². The average Bonchev–Trinajstić information content (AvgIpc) is 2.70. The second kappa shape index (κ2) is 7.44. The van der Waals surface area contributed by atoms with Gasteiger partial charge < -0.3 is 20.5 Å². The maximum absolute atomic E-state index is 12.9. The zero-order chi connectivity index (χ0) is 21.6. The smallest absolute Gasteiger partial charge is 0.295 e. The third-order valence-corrected chi connectivity index (χ3v) is 5.13. The molecule has 0 saturated carbocycles. The molecule has 11 heteroatoms. The molecule has 30 heavy (non-hydrogen) atoms. The number of hydrogen-bond donors (Lipinski definition) is 4. The summed E-state index contributed by atoms with van der Waals surface area (Å²) in [6.45, 7) is 0. The summed E-state index contributed by atoms with van der Waals surface area (Å²) < 4.78 is 25.8. The van der Waals surface area contributed by atoms with Gasteiger partial charge in [-0.05, 0) is 24.3 Å². The zero-order valence-electron chi connectivity index (χ0n) is 14.8. The van der Waals surface area contributed by atoms with Gasteiger partial charge in [-0.2, -0.15) is 0 Å². The number of pyridine rings is 3. The lowest BCUT2D eigenvalue weighted by Crippen LogP contribution is -2.33. The van der Waals surface area contributed by atoms with Crippen LogP contribution < -0.4 is 10.9 Å². The van der Waals surface area contributed by atoms with Crippen LogP contribution in [0.3, 0.4) is 0 Å². The number of hydrogen-bond acceptors (Lipinski definition) is 6. The molecule has 4 aromatic rings. The van der Waals surface area contributed by atoms with E-state index in [0.29, 0.717) is 21.7 Å². The molecule has 0 saturated heterocycles. The van der Waals surface area contributed by atoms with Crippen molar-refractivity contribution in [3.8, 4) is 0 Å². The summed E-state index contributed by atoms with van der Waals surface area (Å²) in [5, 5.41) is 23.1. The molecule has 154 valence electrons. The summed E-state index contributed by atoms with van der Waals surface area (Å²) in [6.07, 6.45) is 1.00. The van der Waals surface area contributed by atoms with Crippen LogP contribution >= 0.6 is 23.2 Å². The molecule has 3 heterocycles. The van der Waals surface area contributed by atoms with Gasteiger partial charge in [-0.3, -0.25) is 9.78 Å². The van der Waals surface area contributed by atoms with Crippen molar-refractivity contribution in [2.24, 2.45) is 0 Å². The van der Waals surface area contributed by atoms with Crippen molar-refractivity contribution in [1.82, 2.24) is 15.0 Å². The Bertz CT molecular complexity index is 1320. The summed E-state index contributed by atoms with van der Waals surface area (Å²) in [7, 11) is 0. The lowest BCUT2D eigenvalue weighted by atomic mass is 10.1. The van der Waals surface area contributed by atoms with E-state index in [4.69, 9.17) is 23.2 Å². The Morgan fingerprint density at radius 2 is 1.83 bits per heavy atom. The van der Waals surface area contributed by atoms with Crippen LogP contribution in [0, 0.1) is 0 Å². The minimum atomic E-state index is -3.48. The molecule has 0 amide bonds. The Kier molecular flexibility index (Phi) is 5.07. The van der Waals surface area contributed by atoms with Crippen molar-refractivity contribution in [3.63, 3.8) is 0 Å². The second-order valence-electron chi connectivity index (χ2n) is 6.42. The van der Waals surface area contributed by atoms with Crippen LogP contribution in [-0.4, -0.2) is 31.6 Å². The third kappa shape index (κ3) is 3.35. The fourth-order valence-electron chi connectivity index (χ4n) is 3.05. The van der Waals surface area contributed by atoms with Gasteiger partial charge in [0.25, 0.3) is 17.8 Å². The van der Waals surface area contributed by atoms with Crippen molar-refractivity contribution < 1.29 is 19.0 Å². The van der Waals surface area contributed by atoms with E-state index in [1.54, 1.807) is 12.1 Å². The van der Waals surface area contributed by atoms with Gasteiger partial charge in [0.1, 0.15) is 5.82 Å². The third-order valence-electron chi connectivity index (χ3n) is 4.53. The number of alkyl halides is 2. The van der Waals surface area contributed by atoms with E-state index in [1.807, 2.05) is 0 Å². The largest absolute Gasteiger partial charge is 0.358 e. The van der Waals surface area contributed by atoms with Crippen LogP contribution in [0.5, 0.6) is 0 Å². The number of aromatic nitrogens is 3. The zero-order valence-corrected chi connectivity index (χ0v) is 16.3. The molecule has 0 aliphatic carbocycles. The first-order valence-electron chi connectivity index (χ1n) is 8.44. The van der Waals surface area contributed by atoms with Crippen LogP contribution in [0.15, 0.2) is 47.7 Å². The van der Waals surface area contributed by atoms with Gasteiger partial charge >= 0.3 is 0 Å². The molecule has 0 radical (unpaired) electrons. The van der Waals surface area contributed by atoms with Gasteiger partial charge in [-0.25, -0.2) is 13.8 Å². The van der Waals surface area contributed by atoms with E-state index in [2.05, 4.69) is 20.3 Å². The maximum atomic E-state index is 12.9. The summed E-state index contributed by atoms with van der Waals surface area (Å²) >= 11 is 12.4. The number of aliphatic hydroxyl groups is 2. The van der Waals surface area contributed by atoms with Crippen molar-refractivity contribution in [2.45, 2.75) is 12.2 Å². The summed E-state index contributed by atoms with van der Waals surface area (Å²) in [6, 6.07) is 5.16. The molecule has 1 aromatic carbocycles. The fraction of sp³-hybridized carbons (Fsp3) is 0.105. The summed E-state index contributed by atoms with van der Waals surface area (Å²) in [4.78, 5) is 23.5. The Hall–Kier alpha value is -2.85. The lowest BCUT2D eigenvalue weighted by molar-refractivity contribution is -0.248. The standard InChI is InChI=1S/C19H12Cl2F2N4O3/c20-11-5-8(19(29,30)18(22)23)6-12(21)15(11)27-16-9-1-4-25-17(28)14(9)10-7-24-3-2-13(10)26-16/h1-7,18,29-30H,(H,25,28)(H,26,27). The fourth-order valence-corrected chi connectivity index (χ4v) is 3.63. The number of anilines is 2. The average molecular weight is 453 g/mol. The van der Waals surface area contributed by atoms with Gasteiger partial charge in [0.2, 0.25) is 0 Å². The minimum absolute atomic E-state index is 0.0923. The number of rotatable bonds is 4. The predicted molar refractivity (Wildman–Crippen MR) is 110 cm³/mol.